The number of ether oxygens (including phenoxy) is 1. The van der Waals surface area contributed by atoms with Crippen molar-refractivity contribution in [3.63, 3.8) is 0 Å². The minimum absolute atomic E-state index is 0.127. The zero-order chi connectivity index (χ0) is 8.97. The summed E-state index contributed by atoms with van der Waals surface area (Å²) in [6.07, 6.45) is 2.38. The topological polar surface area (TPSA) is 52.1 Å². The summed E-state index contributed by atoms with van der Waals surface area (Å²) in [5.74, 6) is -0.400. The van der Waals surface area contributed by atoms with E-state index in [4.69, 9.17) is 4.74 Å². The molecule has 4 heteroatoms. The first-order valence-corrected chi connectivity index (χ1v) is 3.72. The van der Waals surface area contributed by atoms with Crippen LogP contribution >= 0.6 is 0 Å². The number of aromatic nitrogens is 2. The van der Waals surface area contributed by atoms with Gasteiger partial charge in [0.2, 0.25) is 0 Å². The van der Waals surface area contributed by atoms with E-state index in [0.717, 1.165) is 12.1 Å². The highest BCUT2D eigenvalue weighted by molar-refractivity contribution is 5.68. The maximum absolute atomic E-state index is 10.5. The van der Waals surface area contributed by atoms with E-state index >= 15 is 0 Å². The zero-order valence-corrected chi connectivity index (χ0v) is 7.07. The molecule has 0 spiro atoms. The van der Waals surface area contributed by atoms with Crippen molar-refractivity contribution in [2.45, 2.75) is 20.3 Å². The molecule has 0 unspecified atom stereocenters. The van der Waals surface area contributed by atoms with Crippen molar-refractivity contribution in [1.29, 1.82) is 0 Å². The number of hydrogen-bond donors (Lipinski definition) is 0. The van der Waals surface area contributed by atoms with Crippen LogP contribution in [0.2, 0.25) is 0 Å². The van der Waals surface area contributed by atoms with Gasteiger partial charge in [0.05, 0.1) is 0 Å². The Hall–Kier alpha value is -1.45. The Bertz CT molecular complexity index is 286. The third-order valence-electron chi connectivity index (χ3n) is 1.29. The molecule has 12 heavy (non-hydrogen) atoms. The van der Waals surface area contributed by atoms with Gasteiger partial charge in [0.15, 0.2) is 0 Å². The van der Waals surface area contributed by atoms with E-state index < -0.39 is 5.97 Å². The van der Waals surface area contributed by atoms with Crippen molar-refractivity contribution in [2.24, 2.45) is 0 Å². The van der Waals surface area contributed by atoms with Crippen LogP contribution in [0, 0.1) is 0 Å². The van der Waals surface area contributed by atoms with Crippen LogP contribution in [-0.2, 0) is 11.2 Å². The minimum Gasteiger partial charge on any atom is -0.391 e. The van der Waals surface area contributed by atoms with Crippen LogP contribution in [0.5, 0.6) is 6.01 Å². The molecule has 0 aliphatic heterocycles. The van der Waals surface area contributed by atoms with Gasteiger partial charge in [-0.05, 0) is 12.5 Å². The van der Waals surface area contributed by atoms with E-state index in [0.29, 0.717) is 0 Å². The Morgan fingerprint density at radius 3 is 3.00 bits per heavy atom. The molecule has 64 valence electrons. The third-order valence-corrected chi connectivity index (χ3v) is 1.29. The second-order valence-electron chi connectivity index (χ2n) is 2.28. The zero-order valence-electron chi connectivity index (χ0n) is 7.07. The molecule has 0 fully saturated rings. The van der Waals surface area contributed by atoms with Crippen molar-refractivity contribution in [1.82, 2.24) is 9.97 Å². The Kier molecular flexibility index (Phi) is 2.74. The Labute approximate surface area is 70.6 Å². The number of carbonyl (C=O) groups is 1. The Morgan fingerprint density at radius 2 is 2.42 bits per heavy atom. The fraction of sp³-hybridized carbons (Fsp3) is 0.375. The summed E-state index contributed by atoms with van der Waals surface area (Å²) in [7, 11) is 0. The van der Waals surface area contributed by atoms with Gasteiger partial charge in [-0.25, -0.2) is 4.98 Å². The summed E-state index contributed by atoms with van der Waals surface area (Å²) in [6.45, 7) is 3.29. The number of carbonyl (C=O) groups excluding carboxylic acids is 1. The smallest absolute Gasteiger partial charge is 0.324 e. The lowest BCUT2D eigenvalue weighted by Gasteiger charge is -1.99. The van der Waals surface area contributed by atoms with Gasteiger partial charge in [-0.2, -0.15) is 4.98 Å². The Morgan fingerprint density at radius 1 is 1.67 bits per heavy atom. The third kappa shape index (κ3) is 2.30. The summed E-state index contributed by atoms with van der Waals surface area (Å²) in [5.41, 5.74) is 0.862. The molecule has 0 N–H and O–H groups in total. The largest absolute Gasteiger partial charge is 0.391 e. The SMILES string of the molecule is CCc1ccnc(OC(C)=O)n1. The van der Waals surface area contributed by atoms with Crippen molar-refractivity contribution in [3.8, 4) is 6.01 Å². The molecule has 0 saturated carbocycles. The van der Waals surface area contributed by atoms with Crippen LogP contribution in [0.4, 0.5) is 0 Å². The second kappa shape index (κ2) is 3.80. The molecule has 0 saturated heterocycles. The highest BCUT2D eigenvalue weighted by Crippen LogP contribution is 2.03. The average Bonchev–Trinajstić information content (AvgIpc) is 2.03. The molecular formula is C8H10N2O2. The van der Waals surface area contributed by atoms with Crippen LogP contribution < -0.4 is 4.74 Å². The van der Waals surface area contributed by atoms with E-state index in [2.05, 4.69) is 9.97 Å². The van der Waals surface area contributed by atoms with E-state index in [1.807, 2.05) is 6.92 Å². The molecule has 0 bridgehead atoms. The molecule has 1 aromatic heterocycles. The number of rotatable bonds is 2. The molecule has 0 radical (unpaired) electrons. The molecule has 0 aromatic carbocycles. The van der Waals surface area contributed by atoms with Gasteiger partial charge in [-0.15, -0.1) is 0 Å². The van der Waals surface area contributed by atoms with Gasteiger partial charge >= 0.3 is 12.0 Å². The van der Waals surface area contributed by atoms with Gasteiger partial charge in [0.25, 0.3) is 0 Å². The summed E-state index contributed by atoms with van der Waals surface area (Å²) in [6, 6.07) is 1.91. The average molecular weight is 166 g/mol. The van der Waals surface area contributed by atoms with Crippen molar-refractivity contribution in [3.05, 3.63) is 18.0 Å². The van der Waals surface area contributed by atoms with Crippen LogP contribution in [0.25, 0.3) is 0 Å². The maximum Gasteiger partial charge on any atom is 0.324 e. The lowest BCUT2D eigenvalue weighted by molar-refractivity contribution is -0.132. The van der Waals surface area contributed by atoms with Crippen molar-refractivity contribution in [2.75, 3.05) is 0 Å². The molecule has 1 heterocycles. The first-order chi connectivity index (χ1) is 5.72. The number of nitrogens with zero attached hydrogens (tertiary/aromatic N) is 2. The monoisotopic (exact) mass is 166 g/mol. The first-order valence-electron chi connectivity index (χ1n) is 3.72. The predicted octanol–water partition coefficient (Wildman–Crippen LogP) is 0.964. The summed E-state index contributed by atoms with van der Waals surface area (Å²) in [4.78, 5) is 18.3. The highest BCUT2D eigenvalue weighted by atomic mass is 16.5. The van der Waals surface area contributed by atoms with Gasteiger partial charge in [0.1, 0.15) is 0 Å². The lowest BCUT2D eigenvalue weighted by Crippen LogP contribution is -2.05. The first kappa shape index (κ1) is 8.64. The fourth-order valence-corrected chi connectivity index (χ4v) is 0.751. The van der Waals surface area contributed by atoms with Crippen molar-refractivity contribution < 1.29 is 9.53 Å². The molecule has 1 rings (SSSR count). The lowest BCUT2D eigenvalue weighted by atomic mass is 10.3. The molecular weight excluding hydrogens is 156 g/mol. The summed E-state index contributed by atoms with van der Waals surface area (Å²) >= 11 is 0. The molecule has 1 aromatic rings. The van der Waals surface area contributed by atoms with E-state index in [9.17, 15) is 4.79 Å². The van der Waals surface area contributed by atoms with E-state index in [1.54, 1.807) is 12.3 Å². The summed E-state index contributed by atoms with van der Waals surface area (Å²) in [5, 5.41) is 0. The molecule has 0 aliphatic carbocycles. The normalized spacial score (nSPS) is 9.50. The molecule has 4 nitrogen and oxygen atoms in total. The van der Waals surface area contributed by atoms with Crippen LogP contribution in [0.15, 0.2) is 12.3 Å². The Balaban J connectivity index is 2.79. The van der Waals surface area contributed by atoms with E-state index in [1.165, 1.54) is 6.92 Å². The molecule has 0 atom stereocenters. The maximum atomic E-state index is 10.5. The van der Waals surface area contributed by atoms with Gasteiger partial charge in [0, 0.05) is 18.8 Å². The van der Waals surface area contributed by atoms with Crippen LogP contribution in [0.3, 0.4) is 0 Å². The predicted molar refractivity (Wildman–Crippen MR) is 42.7 cm³/mol. The number of esters is 1. The van der Waals surface area contributed by atoms with Crippen molar-refractivity contribution >= 4 is 5.97 Å². The summed E-state index contributed by atoms with van der Waals surface area (Å²) < 4.78 is 4.70. The van der Waals surface area contributed by atoms with Crippen LogP contribution in [0.1, 0.15) is 19.5 Å². The van der Waals surface area contributed by atoms with Gasteiger partial charge < -0.3 is 4.74 Å². The highest BCUT2D eigenvalue weighted by Gasteiger charge is 2.00. The standard InChI is InChI=1S/C8H10N2O2/c1-3-7-4-5-9-8(10-7)12-6(2)11/h4-5H,3H2,1-2H3. The minimum atomic E-state index is -0.400. The number of aryl methyl sites for hydroxylation is 1. The van der Waals surface area contributed by atoms with Crippen LogP contribution in [-0.4, -0.2) is 15.9 Å². The molecule has 0 amide bonds. The second-order valence-corrected chi connectivity index (χ2v) is 2.28. The van der Waals surface area contributed by atoms with Gasteiger partial charge in [-0.1, -0.05) is 6.92 Å². The van der Waals surface area contributed by atoms with Gasteiger partial charge in [-0.3, -0.25) is 4.79 Å². The molecule has 0 aliphatic rings. The van der Waals surface area contributed by atoms with E-state index in [-0.39, 0.29) is 6.01 Å². The quantitative estimate of drug-likeness (QED) is 0.614. The fourth-order valence-electron chi connectivity index (χ4n) is 0.751. The number of hydrogen-bond acceptors (Lipinski definition) is 4.